The van der Waals surface area contributed by atoms with Crippen molar-refractivity contribution in [1.29, 1.82) is 0 Å². The van der Waals surface area contributed by atoms with Crippen LogP contribution in [0.4, 0.5) is 4.79 Å². The number of primary amides is 1. The molecule has 4 heteroatoms. The highest BCUT2D eigenvalue weighted by Crippen LogP contribution is 2.20. The van der Waals surface area contributed by atoms with E-state index < -0.39 is 12.1 Å². The lowest BCUT2D eigenvalue weighted by Crippen LogP contribution is -2.34. The fourth-order valence-electron chi connectivity index (χ4n) is 2.72. The number of nitrogens with zero attached hydrogens (tertiary/aromatic N) is 1. The van der Waals surface area contributed by atoms with Crippen molar-refractivity contribution < 1.29 is 10.0 Å². The number of hydrogen-bond acceptors (Lipinski definition) is 2. The van der Waals surface area contributed by atoms with Gasteiger partial charge in [-0.25, -0.2) is 4.79 Å². The lowest BCUT2D eigenvalue weighted by atomic mass is 9.99. The molecule has 0 aliphatic carbocycles. The number of hydroxylamine groups is 2. The molecule has 4 nitrogen and oxygen atoms in total. The maximum atomic E-state index is 11.1. The van der Waals surface area contributed by atoms with Crippen molar-refractivity contribution in [3.8, 4) is 11.8 Å². The van der Waals surface area contributed by atoms with Gasteiger partial charge in [0.2, 0.25) is 0 Å². The summed E-state index contributed by atoms with van der Waals surface area (Å²) in [4.78, 5) is 11.1. The van der Waals surface area contributed by atoms with E-state index in [1.165, 1.54) is 5.56 Å². The largest absolute Gasteiger partial charge is 0.350 e. The standard InChI is InChI=1S/C20H22N2O2/c1-13-10-14(2)19(15(3)11-13)9-8-17-6-5-7-18(12-17)16(4)22(24)20(21)23/h5-7,10-12,16,24H,1-4H3,(H2,21,23). The molecule has 24 heavy (non-hydrogen) atoms. The van der Waals surface area contributed by atoms with Gasteiger partial charge in [-0.15, -0.1) is 0 Å². The highest BCUT2D eigenvalue weighted by Gasteiger charge is 2.16. The van der Waals surface area contributed by atoms with Gasteiger partial charge in [-0.05, 0) is 56.5 Å². The van der Waals surface area contributed by atoms with Crippen LogP contribution in [-0.2, 0) is 0 Å². The third-order valence-corrected chi connectivity index (χ3v) is 3.97. The normalized spacial score (nSPS) is 11.4. The van der Waals surface area contributed by atoms with Gasteiger partial charge >= 0.3 is 6.03 Å². The molecule has 2 aromatic rings. The molecule has 3 N–H and O–H groups in total. The van der Waals surface area contributed by atoms with E-state index in [0.717, 1.165) is 27.8 Å². The summed E-state index contributed by atoms with van der Waals surface area (Å²) in [7, 11) is 0. The Hall–Kier alpha value is -2.77. The number of carbonyl (C=O) groups is 1. The highest BCUT2D eigenvalue weighted by atomic mass is 16.5. The zero-order chi connectivity index (χ0) is 17.9. The Morgan fingerprint density at radius 3 is 2.33 bits per heavy atom. The van der Waals surface area contributed by atoms with Gasteiger partial charge in [0.05, 0.1) is 6.04 Å². The van der Waals surface area contributed by atoms with Gasteiger partial charge < -0.3 is 5.73 Å². The van der Waals surface area contributed by atoms with E-state index >= 15 is 0 Å². The Balaban J connectivity index is 2.34. The van der Waals surface area contributed by atoms with Crippen LogP contribution >= 0.6 is 0 Å². The molecule has 2 rings (SSSR count). The van der Waals surface area contributed by atoms with E-state index in [1.54, 1.807) is 6.92 Å². The molecule has 0 saturated carbocycles. The topological polar surface area (TPSA) is 66.6 Å². The van der Waals surface area contributed by atoms with Crippen molar-refractivity contribution in [2.24, 2.45) is 5.73 Å². The fourth-order valence-corrected chi connectivity index (χ4v) is 2.72. The Morgan fingerprint density at radius 2 is 1.75 bits per heavy atom. The first-order valence-corrected chi connectivity index (χ1v) is 7.77. The molecule has 0 fully saturated rings. The Bertz CT molecular complexity index is 808. The van der Waals surface area contributed by atoms with E-state index in [-0.39, 0.29) is 0 Å². The summed E-state index contributed by atoms with van der Waals surface area (Å²) >= 11 is 0. The smallest absolute Gasteiger partial charge is 0.339 e. The van der Waals surface area contributed by atoms with E-state index in [4.69, 9.17) is 5.73 Å². The Kier molecular flexibility index (Phi) is 5.28. The van der Waals surface area contributed by atoms with Crippen molar-refractivity contribution in [2.45, 2.75) is 33.7 Å². The van der Waals surface area contributed by atoms with Gasteiger partial charge in [0, 0.05) is 11.1 Å². The molecule has 0 saturated heterocycles. The third kappa shape index (κ3) is 3.95. The summed E-state index contributed by atoms with van der Waals surface area (Å²) in [5.41, 5.74) is 11.2. The first-order valence-electron chi connectivity index (χ1n) is 7.77. The zero-order valence-corrected chi connectivity index (χ0v) is 14.4. The number of benzene rings is 2. The van der Waals surface area contributed by atoms with Crippen LogP contribution in [0.25, 0.3) is 0 Å². The molecular weight excluding hydrogens is 300 g/mol. The Labute approximate surface area is 142 Å². The molecule has 0 heterocycles. The summed E-state index contributed by atoms with van der Waals surface area (Å²) in [6.07, 6.45) is 0. The molecule has 0 aromatic heterocycles. The number of urea groups is 1. The third-order valence-electron chi connectivity index (χ3n) is 3.97. The summed E-state index contributed by atoms with van der Waals surface area (Å²) in [5.74, 6) is 6.38. The maximum Gasteiger partial charge on any atom is 0.339 e. The molecule has 0 aliphatic rings. The molecule has 2 aromatic carbocycles. The summed E-state index contributed by atoms with van der Waals surface area (Å²) in [6, 6.07) is 10.2. The van der Waals surface area contributed by atoms with Crippen LogP contribution in [0.15, 0.2) is 36.4 Å². The summed E-state index contributed by atoms with van der Waals surface area (Å²) < 4.78 is 0. The minimum absolute atomic E-state index is 0.515. The predicted molar refractivity (Wildman–Crippen MR) is 94.7 cm³/mol. The number of nitrogens with two attached hydrogens (primary N) is 1. The maximum absolute atomic E-state index is 11.1. The molecular formula is C20H22N2O2. The minimum Gasteiger partial charge on any atom is -0.350 e. The van der Waals surface area contributed by atoms with Gasteiger partial charge in [0.1, 0.15) is 0 Å². The molecule has 0 aliphatic heterocycles. The van der Waals surface area contributed by atoms with Crippen LogP contribution in [0.2, 0.25) is 0 Å². The molecule has 0 spiro atoms. The first kappa shape index (κ1) is 17.6. The molecule has 0 bridgehead atoms. The average Bonchev–Trinajstić information content (AvgIpc) is 2.52. The molecule has 2 amide bonds. The van der Waals surface area contributed by atoms with Crippen LogP contribution in [-0.4, -0.2) is 16.3 Å². The number of carbonyl (C=O) groups excluding carboxylic acids is 1. The van der Waals surface area contributed by atoms with E-state index in [2.05, 4.69) is 44.7 Å². The second-order valence-corrected chi connectivity index (χ2v) is 6.01. The summed E-state index contributed by atoms with van der Waals surface area (Å²) in [6.45, 7) is 7.88. The first-order chi connectivity index (χ1) is 11.3. The van der Waals surface area contributed by atoms with Crippen LogP contribution in [0.1, 0.15) is 46.3 Å². The van der Waals surface area contributed by atoms with E-state index in [9.17, 15) is 10.0 Å². The molecule has 0 radical (unpaired) electrons. The van der Waals surface area contributed by atoms with Crippen molar-refractivity contribution in [1.82, 2.24) is 5.06 Å². The van der Waals surface area contributed by atoms with Gasteiger partial charge in [0.25, 0.3) is 0 Å². The van der Waals surface area contributed by atoms with Crippen LogP contribution in [0, 0.1) is 32.6 Å². The van der Waals surface area contributed by atoms with E-state index in [0.29, 0.717) is 5.06 Å². The number of aryl methyl sites for hydroxylation is 3. The lowest BCUT2D eigenvalue weighted by molar-refractivity contribution is -0.0710. The molecule has 1 unspecified atom stereocenters. The second-order valence-electron chi connectivity index (χ2n) is 6.01. The Morgan fingerprint density at radius 1 is 1.12 bits per heavy atom. The predicted octanol–water partition coefficient (Wildman–Crippen LogP) is 3.84. The molecule has 124 valence electrons. The average molecular weight is 322 g/mol. The number of hydrogen-bond donors (Lipinski definition) is 2. The number of amides is 2. The monoisotopic (exact) mass is 322 g/mol. The van der Waals surface area contributed by atoms with Crippen molar-refractivity contribution in [2.75, 3.05) is 0 Å². The van der Waals surface area contributed by atoms with Crippen LogP contribution < -0.4 is 5.73 Å². The quantitative estimate of drug-likeness (QED) is 0.501. The fraction of sp³-hybridized carbons (Fsp3) is 0.250. The summed E-state index contributed by atoms with van der Waals surface area (Å²) in [5, 5.41) is 10.2. The number of rotatable bonds is 2. The highest BCUT2D eigenvalue weighted by molar-refractivity contribution is 5.71. The lowest BCUT2D eigenvalue weighted by Gasteiger charge is -2.20. The SMILES string of the molecule is Cc1cc(C)c(C#Cc2cccc(C(C)N(O)C(N)=O)c2)c(C)c1. The zero-order valence-electron chi connectivity index (χ0n) is 14.4. The van der Waals surface area contributed by atoms with Crippen LogP contribution in [0.5, 0.6) is 0 Å². The van der Waals surface area contributed by atoms with Crippen LogP contribution in [0.3, 0.4) is 0 Å². The van der Waals surface area contributed by atoms with E-state index in [1.807, 2.05) is 24.3 Å². The van der Waals surface area contributed by atoms with Crippen molar-refractivity contribution in [3.05, 3.63) is 69.8 Å². The van der Waals surface area contributed by atoms with Gasteiger partial charge in [-0.1, -0.05) is 41.7 Å². The van der Waals surface area contributed by atoms with Gasteiger partial charge in [-0.3, -0.25) is 5.21 Å². The van der Waals surface area contributed by atoms with Crippen molar-refractivity contribution in [3.63, 3.8) is 0 Å². The molecule has 1 atom stereocenters. The van der Waals surface area contributed by atoms with Crippen molar-refractivity contribution >= 4 is 6.03 Å². The van der Waals surface area contributed by atoms with Gasteiger partial charge in [-0.2, -0.15) is 5.06 Å². The second kappa shape index (κ2) is 7.20. The minimum atomic E-state index is -0.884. The van der Waals surface area contributed by atoms with Gasteiger partial charge in [0.15, 0.2) is 0 Å².